The predicted molar refractivity (Wildman–Crippen MR) is 178 cm³/mol. The van der Waals surface area contributed by atoms with Crippen molar-refractivity contribution in [2.45, 2.75) is 24.7 Å². The number of ether oxygens (including phenoxy) is 1. The van der Waals surface area contributed by atoms with Gasteiger partial charge in [0.25, 0.3) is 0 Å². The summed E-state index contributed by atoms with van der Waals surface area (Å²) < 4.78 is 50.4. The standard InChI is InChI=1S/C32H31F2N7O3S2/c1-19(2)31-39-28(20-6-4-7-21(16-20)40-46(3,43)30-22(33)8-5-9-23(30)34)29(45-31)24-10-11-35-32(37-24)38-25-18-36-27(17-26(25)42)41-12-14-44-15-13-41/h4-11,16-19H,3,12-15H2,1-2H3,(H,36,42)(H,40,43)(H,35,37,38). The summed E-state index contributed by atoms with van der Waals surface area (Å²) in [4.78, 5) is 20.6. The number of anilines is 4. The largest absolute Gasteiger partial charge is 0.506 e. The van der Waals surface area contributed by atoms with Crippen LogP contribution in [0.2, 0.25) is 0 Å². The topological polar surface area (TPSA) is 125 Å². The molecule has 0 radical (unpaired) electrons. The molecular formula is C32H31F2N7O3S2. The van der Waals surface area contributed by atoms with Crippen molar-refractivity contribution in [3.63, 3.8) is 0 Å². The predicted octanol–water partition coefficient (Wildman–Crippen LogP) is 6.45. The fraction of sp³-hybridized carbons (Fsp3) is 0.219. The van der Waals surface area contributed by atoms with E-state index in [0.717, 1.165) is 22.0 Å². The van der Waals surface area contributed by atoms with E-state index in [1.165, 1.54) is 23.6 Å². The van der Waals surface area contributed by atoms with Gasteiger partial charge in [0.1, 0.15) is 33.8 Å². The smallest absolute Gasteiger partial charge is 0.227 e. The van der Waals surface area contributed by atoms with E-state index in [0.29, 0.717) is 60.4 Å². The van der Waals surface area contributed by atoms with Gasteiger partial charge in [-0.05, 0) is 36.2 Å². The van der Waals surface area contributed by atoms with Crippen LogP contribution in [-0.2, 0) is 14.4 Å². The van der Waals surface area contributed by atoms with Crippen molar-refractivity contribution in [2.75, 3.05) is 41.2 Å². The molecule has 2 aromatic carbocycles. The summed E-state index contributed by atoms with van der Waals surface area (Å²) in [6, 6.07) is 13.5. The zero-order chi connectivity index (χ0) is 32.4. The van der Waals surface area contributed by atoms with Crippen molar-refractivity contribution < 1.29 is 22.8 Å². The number of nitrogens with zero attached hydrogens (tertiary/aromatic N) is 5. The highest BCUT2D eigenvalue weighted by molar-refractivity contribution is 8.01. The summed E-state index contributed by atoms with van der Waals surface area (Å²) in [7, 11) is -3.57. The average molecular weight is 664 g/mol. The third-order valence-corrected chi connectivity index (χ3v) is 10.1. The minimum absolute atomic E-state index is 0.00708. The van der Waals surface area contributed by atoms with E-state index < -0.39 is 26.2 Å². The molecule has 3 aromatic heterocycles. The maximum atomic E-state index is 14.5. The molecule has 6 rings (SSSR count). The van der Waals surface area contributed by atoms with Crippen LogP contribution in [0.15, 0.2) is 71.9 Å². The van der Waals surface area contributed by atoms with Gasteiger partial charge in [0.15, 0.2) is 0 Å². The van der Waals surface area contributed by atoms with Crippen LogP contribution in [-0.4, -0.2) is 61.4 Å². The number of aromatic hydroxyl groups is 1. The van der Waals surface area contributed by atoms with Gasteiger partial charge in [-0.3, -0.25) is 0 Å². The fourth-order valence-electron chi connectivity index (χ4n) is 4.88. The SMILES string of the molecule is C=S(=O)(Nc1cccc(-c2nc(C(C)C)sc2-c2ccnc(Nc3cnc(N4CCOCC4)cc3O)n2)c1)c1c(F)cccc1F. The number of aromatic nitrogens is 4. The third kappa shape index (κ3) is 6.64. The first kappa shape index (κ1) is 31.3. The highest BCUT2D eigenvalue weighted by atomic mass is 32.2. The lowest BCUT2D eigenvalue weighted by molar-refractivity contribution is 0.122. The Morgan fingerprint density at radius 2 is 1.78 bits per heavy atom. The molecule has 4 heterocycles. The van der Waals surface area contributed by atoms with E-state index in [4.69, 9.17) is 14.7 Å². The molecule has 1 unspecified atom stereocenters. The second kappa shape index (κ2) is 13.0. The Morgan fingerprint density at radius 1 is 1.04 bits per heavy atom. The van der Waals surface area contributed by atoms with E-state index in [2.05, 4.69) is 25.9 Å². The van der Waals surface area contributed by atoms with Gasteiger partial charge in [0.05, 0.1) is 50.4 Å². The average Bonchev–Trinajstić information content (AvgIpc) is 3.49. The van der Waals surface area contributed by atoms with Gasteiger partial charge in [-0.15, -0.1) is 11.3 Å². The number of hydrogen-bond donors (Lipinski definition) is 3. The minimum Gasteiger partial charge on any atom is -0.506 e. The Hall–Kier alpha value is -4.66. The van der Waals surface area contributed by atoms with Crippen LogP contribution in [0.5, 0.6) is 5.75 Å². The number of morpholine rings is 1. The van der Waals surface area contributed by atoms with E-state index in [9.17, 15) is 18.1 Å². The van der Waals surface area contributed by atoms with Crippen molar-refractivity contribution >= 4 is 50.1 Å². The normalized spacial score (nSPS) is 14.7. The van der Waals surface area contributed by atoms with E-state index in [-0.39, 0.29) is 17.6 Å². The first-order chi connectivity index (χ1) is 22.1. The molecular weight excluding hydrogens is 633 g/mol. The van der Waals surface area contributed by atoms with Crippen LogP contribution >= 0.6 is 11.3 Å². The number of pyridine rings is 1. The highest BCUT2D eigenvalue weighted by Crippen LogP contribution is 2.40. The highest BCUT2D eigenvalue weighted by Gasteiger charge is 2.22. The van der Waals surface area contributed by atoms with Crippen LogP contribution in [0.25, 0.3) is 21.8 Å². The van der Waals surface area contributed by atoms with Gasteiger partial charge >= 0.3 is 0 Å². The van der Waals surface area contributed by atoms with Gasteiger partial charge in [-0.2, -0.15) is 0 Å². The zero-order valence-electron chi connectivity index (χ0n) is 25.0. The van der Waals surface area contributed by atoms with Gasteiger partial charge in [-0.1, -0.05) is 32.0 Å². The Bertz CT molecular complexity index is 1980. The van der Waals surface area contributed by atoms with Crippen LogP contribution < -0.4 is 14.9 Å². The number of halogens is 2. The summed E-state index contributed by atoms with van der Waals surface area (Å²) >= 11 is 1.48. The molecule has 0 bridgehead atoms. The van der Waals surface area contributed by atoms with Crippen LogP contribution in [0.1, 0.15) is 24.8 Å². The van der Waals surface area contributed by atoms with Gasteiger partial charge in [-0.25, -0.2) is 32.9 Å². The summed E-state index contributed by atoms with van der Waals surface area (Å²) in [6.07, 6.45) is 3.14. The summed E-state index contributed by atoms with van der Waals surface area (Å²) in [5.74, 6) is 2.74. The summed E-state index contributed by atoms with van der Waals surface area (Å²) in [5.41, 5.74) is 2.57. The number of thiazole rings is 1. The van der Waals surface area contributed by atoms with E-state index in [1.54, 1.807) is 36.5 Å². The molecule has 1 aliphatic heterocycles. The van der Waals surface area contributed by atoms with Gasteiger partial charge in [0, 0.05) is 42.5 Å². The van der Waals surface area contributed by atoms with Crippen LogP contribution in [0.3, 0.4) is 0 Å². The Balaban J connectivity index is 1.30. The van der Waals surface area contributed by atoms with Crippen molar-refractivity contribution in [3.8, 4) is 27.6 Å². The van der Waals surface area contributed by atoms with Crippen molar-refractivity contribution in [2.24, 2.45) is 0 Å². The second-order valence-electron chi connectivity index (χ2n) is 10.8. The van der Waals surface area contributed by atoms with E-state index in [1.807, 2.05) is 24.8 Å². The monoisotopic (exact) mass is 663 g/mol. The first-order valence-corrected chi connectivity index (χ1v) is 17.0. The van der Waals surface area contributed by atoms with Crippen LogP contribution in [0.4, 0.5) is 31.9 Å². The number of nitrogens with one attached hydrogen (secondary N) is 2. The minimum atomic E-state index is -3.57. The molecule has 0 amide bonds. The first-order valence-electron chi connectivity index (χ1n) is 14.4. The molecule has 46 heavy (non-hydrogen) atoms. The lowest BCUT2D eigenvalue weighted by Gasteiger charge is -2.28. The molecule has 1 aliphatic rings. The number of benzene rings is 2. The van der Waals surface area contributed by atoms with Crippen molar-refractivity contribution in [1.82, 2.24) is 19.9 Å². The van der Waals surface area contributed by atoms with Gasteiger partial charge in [0.2, 0.25) is 5.95 Å². The van der Waals surface area contributed by atoms with Crippen molar-refractivity contribution in [3.05, 3.63) is 83.6 Å². The lowest BCUT2D eigenvalue weighted by Crippen LogP contribution is -2.36. The van der Waals surface area contributed by atoms with Crippen LogP contribution in [0, 0.1) is 11.6 Å². The molecule has 1 atom stereocenters. The third-order valence-electron chi connectivity index (χ3n) is 7.14. The number of hydrogen-bond acceptors (Lipinski definition) is 10. The molecule has 238 valence electrons. The molecule has 1 saturated heterocycles. The molecule has 10 nitrogen and oxygen atoms in total. The lowest BCUT2D eigenvalue weighted by atomic mass is 10.1. The summed E-state index contributed by atoms with van der Waals surface area (Å²) in [5, 5.41) is 14.7. The van der Waals surface area contributed by atoms with E-state index >= 15 is 0 Å². The molecule has 0 saturated carbocycles. The summed E-state index contributed by atoms with van der Waals surface area (Å²) in [6.45, 7) is 6.66. The molecule has 3 N–H and O–H groups in total. The quantitative estimate of drug-likeness (QED) is 0.153. The molecule has 5 aromatic rings. The molecule has 0 spiro atoms. The van der Waals surface area contributed by atoms with Crippen molar-refractivity contribution in [1.29, 1.82) is 0 Å². The maximum Gasteiger partial charge on any atom is 0.227 e. The Labute approximate surface area is 269 Å². The molecule has 1 fully saturated rings. The Morgan fingerprint density at radius 3 is 2.50 bits per heavy atom. The number of rotatable bonds is 9. The molecule has 14 heteroatoms. The zero-order valence-corrected chi connectivity index (χ0v) is 26.7. The fourth-order valence-corrected chi connectivity index (χ4v) is 7.32. The maximum absolute atomic E-state index is 14.5. The Kier molecular flexibility index (Phi) is 8.84. The molecule has 0 aliphatic carbocycles. The van der Waals surface area contributed by atoms with Gasteiger partial charge < -0.3 is 24.8 Å². The second-order valence-corrected chi connectivity index (χ2v) is 13.8.